The molecular formula is C16H23FN2O. The highest BCUT2D eigenvalue weighted by Crippen LogP contribution is 2.18. The van der Waals surface area contributed by atoms with Crippen molar-refractivity contribution in [1.82, 2.24) is 4.90 Å². The lowest BCUT2D eigenvalue weighted by Crippen LogP contribution is -2.50. The fourth-order valence-electron chi connectivity index (χ4n) is 2.71. The molecule has 110 valence electrons. The maximum atomic E-state index is 12.9. The molecule has 1 fully saturated rings. The highest BCUT2D eigenvalue weighted by molar-refractivity contribution is 5.78. The van der Waals surface area contributed by atoms with E-state index in [2.05, 4.69) is 11.8 Å². The molecule has 1 aromatic rings. The average Bonchev–Trinajstić information content (AvgIpc) is 2.48. The van der Waals surface area contributed by atoms with Gasteiger partial charge in [0.2, 0.25) is 5.91 Å². The molecule has 1 atom stereocenters. The summed E-state index contributed by atoms with van der Waals surface area (Å²) in [6.45, 7) is 7.26. The van der Waals surface area contributed by atoms with E-state index in [-0.39, 0.29) is 17.6 Å². The fraction of sp³-hybridized carbons (Fsp3) is 0.562. The van der Waals surface area contributed by atoms with Gasteiger partial charge in [0.15, 0.2) is 0 Å². The van der Waals surface area contributed by atoms with Crippen molar-refractivity contribution < 1.29 is 9.18 Å². The minimum absolute atomic E-state index is 0.123. The molecule has 1 saturated heterocycles. The minimum atomic E-state index is -0.212. The Labute approximate surface area is 120 Å². The molecule has 2 rings (SSSR count). The van der Waals surface area contributed by atoms with Gasteiger partial charge in [-0.3, -0.25) is 4.79 Å². The molecule has 1 aliphatic rings. The van der Waals surface area contributed by atoms with Gasteiger partial charge in [-0.1, -0.05) is 20.3 Å². The van der Waals surface area contributed by atoms with Gasteiger partial charge in [0.05, 0.1) is 0 Å². The van der Waals surface area contributed by atoms with Crippen molar-refractivity contribution in [3.8, 4) is 0 Å². The molecular weight excluding hydrogens is 255 g/mol. The molecule has 0 aromatic heterocycles. The summed E-state index contributed by atoms with van der Waals surface area (Å²) in [7, 11) is 0. The Hall–Kier alpha value is -1.58. The first-order valence-electron chi connectivity index (χ1n) is 7.41. The van der Waals surface area contributed by atoms with Crippen molar-refractivity contribution in [3.05, 3.63) is 30.1 Å². The largest absolute Gasteiger partial charge is 0.368 e. The van der Waals surface area contributed by atoms with Crippen LogP contribution in [-0.4, -0.2) is 37.0 Å². The predicted molar refractivity (Wildman–Crippen MR) is 79.3 cm³/mol. The first-order chi connectivity index (χ1) is 9.61. The summed E-state index contributed by atoms with van der Waals surface area (Å²) >= 11 is 0. The molecule has 3 nitrogen and oxygen atoms in total. The second kappa shape index (κ2) is 6.73. The summed E-state index contributed by atoms with van der Waals surface area (Å²) in [5, 5.41) is 0. The minimum Gasteiger partial charge on any atom is -0.368 e. The summed E-state index contributed by atoms with van der Waals surface area (Å²) in [6.07, 6.45) is 2.00. The van der Waals surface area contributed by atoms with Gasteiger partial charge >= 0.3 is 0 Å². The van der Waals surface area contributed by atoms with Crippen molar-refractivity contribution in [2.75, 3.05) is 31.1 Å². The number of amides is 1. The number of hydrogen-bond donors (Lipinski definition) is 0. The molecule has 0 aliphatic carbocycles. The van der Waals surface area contributed by atoms with Crippen LogP contribution in [-0.2, 0) is 4.79 Å². The molecule has 0 spiro atoms. The van der Waals surface area contributed by atoms with E-state index in [1.165, 1.54) is 12.1 Å². The molecule has 0 unspecified atom stereocenters. The maximum absolute atomic E-state index is 12.9. The first-order valence-corrected chi connectivity index (χ1v) is 7.41. The van der Waals surface area contributed by atoms with E-state index in [0.717, 1.165) is 44.7 Å². The molecule has 1 aliphatic heterocycles. The van der Waals surface area contributed by atoms with Gasteiger partial charge in [-0.15, -0.1) is 0 Å². The molecule has 4 heteroatoms. The van der Waals surface area contributed by atoms with E-state index in [9.17, 15) is 9.18 Å². The van der Waals surface area contributed by atoms with Crippen molar-refractivity contribution in [2.45, 2.75) is 26.7 Å². The number of nitrogens with zero attached hydrogens (tertiary/aromatic N) is 2. The summed E-state index contributed by atoms with van der Waals surface area (Å²) in [6, 6.07) is 6.56. The summed E-state index contributed by atoms with van der Waals surface area (Å²) in [5.74, 6) is 0.180. The van der Waals surface area contributed by atoms with Crippen LogP contribution in [0.15, 0.2) is 24.3 Å². The highest BCUT2D eigenvalue weighted by Gasteiger charge is 2.24. The molecule has 0 saturated carbocycles. The zero-order chi connectivity index (χ0) is 14.5. The molecule has 0 bridgehead atoms. The van der Waals surface area contributed by atoms with Crippen LogP contribution in [0.5, 0.6) is 0 Å². The Morgan fingerprint density at radius 3 is 2.35 bits per heavy atom. The third kappa shape index (κ3) is 3.50. The van der Waals surface area contributed by atoms with Gasteiger partial charge < -0.3 is 9.80 Å². The van der Waals surface area contributed by atoms with E-state index in [1.807, 2.05) is 11.8 Å². The van der Waals surface area contributed by atoms with Crippen molar-refractivity contribution >= 4 is 11.6 Å². The topological polar surface area (TPSA) is 23.6 Å². The quantitative estimate of drug-likeness (QED) is 0.845. The number of halogens is 1. The van der Waals surface area contributed by atoms with Crippen LogP contribution < -0.4 is 4.90 Å². The second-order valence-electron chi connectivity index (χ2n) is 5.48. The SMILES string of the molecule is CCC[C@H](C)C(=O)N1CCN(c2ccc(F)cc2)CC1. The van der Waals surface area contributed by atoms with E-state index in [4.69, 9.17) is 0 Å². The molecule has 0 radical (unpaired) electrons. The Morgan fingerprint density at radius 1 is 1.20 bits per heavy atom. The Kier molecular flexibility index (Phi) is 4.99. The summed E-state index contributed by atoms with van der Waals surface area (Å²) < 4.78 is 12.9. The fourth-order valence-corrected chi connectivity index (χ4v) is 2.71. The van der Waals surface area contributed by atoms with E-state index in [0.29, 0.717) is 0 Å². The summed E-state index contributed by atoms with van der Waals surface area (Å²) in [5.41, 5.74) is 1.03. The number of benzene rings is 1. The third-order valence-electron chi connectivity index (χ3n) is 3.93. The normalized spacial score (nSPS) is 17.1. The number of carbonyl (C=O) groups is 1. The standard InChI is InChI=1S/C16H23FN2O/c1-3-4-13(2)16(20)19-11-9-18(10-12-19)15-7-5-14(17)6-8-15/h5-8,13H,3-4,9-12H2,1-2H3/t13-/m0/s1. The number of rotatable bonds is 4. The third-order valence-corrected chi connectivity index (χ3v) is 3.93. The molecule has 1 heterocycles. The van der Waals surface area contributed by atoms with Gasteiger partial charge in [0.1, 0.15) is 5.82 Å². The van der Waals surface area contributed by atoms with Gasteiger partial charge in [0, 0.05) is 37.8 Å². The van der Waals surface area contributed by atoms with Gasteiger partial charge in [-0.25, -0.2) is 4.39 Å². The van der Waals surface area contributed by atoms with E-state index < -0.39 is 0 Å². The van der Waals surface area contributed by atoms with Crippen molar-refractivity contribution in [2.24, 2.45) is 5.92 Å². The lowest BCUT2D eigenvalue weighted by molar-refractivity contribution is -0.135. The number of carbonyl (C=O) groups excluding carboxylic acids is 1. The van der Waals surface area contributed by atoms with E-state index in [1.54, 1.807) is 12.1 Å². The van der Waals surface area contributed by atoms with Gasteiger partial charge in [-0.05, 0) is 30.7 Å². The number of hydrogen-bond acceptors (Lipinski definition) is 2. The Morgan fingerprint density at radius 2 is 1.80 bits per heavy atom. The zero-order valence-electron chi connectivity index (χ0n) is 12.3. The zero-order valence-corrected chi connectivity index (χ0v) is 12.3. The van der Waals surface area contributed by atoms with Gasteiger partial charge in [-0.2, -0.15) is 0 Å². The molecule has 20 heavy (non-hydrogen) atoms. The summed E-state index contributed by atoms with van der Waals surface area (Å²) in [4.78, 5) is 16.4. The van der Waals surface area contributed by atoms with Crippen LogP contribution in [0.25, 0.3) is 0 Å². The molecule has 1 amide bonds. The monoisotopic (exact) mass is 278 g/mol. The van der Waals surface area contributed by atoms with Crippen LogP contribution in [0.2, 0.25) is 0 Å². The lowest BCUT2D eigenvalue weighted by Gasteiger charge is -2.37. The average molecular weight is 278 g/mol. The Balaban J connectivity index is 1.89. The first kappa shape index (κ1) is 14.8. The predicted octanol–water partition coefficient (Wildman–Crippen LogP) is 2.91. The van der Waals surface area contributed by atoms with Crippen LogP contribution in [0, 0.1) is 11.7 Å². The number of anilines is 1. The van der Waals surface area contributed by atoms with E-state index >= 15 is 0 Å². The van der Waals surface area contributed by atoms with Crippen molar-refractivity contribution in [1.29, 1.82) is 0 Å². The highest BCUT2D eigenvalue weighted by atomic mass is 19.1. The van der Waals surface area contributed by atoms with Crippen LogP contribution in [0.4, 0.5) is 10.1 Å². The van der Waals surface area contributed by atoms with Crippen molar-refractivity contribution in [3.63, 3.8) is 0 Å². The lowest BCUT2D eigenvalue weighted by atomic mass is 10.0. The molecule has 1 aromatic carbocycles. The second-order valence-corrected chi connectivity index (χ2v) is 5.48. The smallest absolute Gasteiger partial charge is 0.225 e. The number of piperazine rings is 1. The van der Waals surface area contributed by atoms with Gasteiger partial charge in [0.25, 0.3) is 0 Å². The molecule has 0 N–H and O–H groups in total. The van der Waals surface area contributed by atoms with Crippen LogP contribution >= 0.6 is 0 Å². The Bertz CT molecular complexity index is 438. The van der Waals surface area contributed by atoms with Crippen LogP contribution in [0.3, 0.4) is 0 Å². The van der Waals surface area contributed by atoms with Crippen LogP contribution in [0.1, 0.15) is 26.7 Å². The maximum Gasteiger partial charge on any atom is 0.225 e.